The number of hydrogen-bond acceptors (Lipinski definition) is 4. The highest BCUT2D eigenvalue weighted by molar-refractivity contribution is 7.99. The van der Waals surface area contributed by atoms with Crippen LogP contribution >= 0.6 is 11.8 Å². The predicted molar refractivity (Wildman–Crippen MR) is 73.6 cm³/mol. The van der Waals surface area contributed by atoms with E-state index in [0.717, 1.165) is 23.9 Å². The second-order valence-corrected chi connectivity index (χ2v) is 5.32. The number of nitrogens with zero attached hydrogens (tertiary/aromatic N) is 1. The monoisotopic (exact) mass is 309 g/mol. The zero-order valence-corrected chi connectivity index (χ0v) is 11.6. The molecule has 2 aromatic carbocycles. The van der Waals surface area contributed by atoms with E-state index >= 15 is 0 Å². The van der Waals surface area contributed by atoms with E-state index in [4.69, 9.17) is 0 Å². The van der Waals surface area contributed by atoms with Crippen LogP contribution in [0.1, 0.15) is 17.3 Å². The van der Waals surface area contributed by atoms with Gasteiger partial charge >= 0.3 is 0 Å². The molecule has 0 saturated carbocycles. The molecular weight excluding hydrogens is 300 g/mol. The molecule has 0 saturated heterocycles. The molecule has 0 heterocycles. The quantitative estimate of drug-likeness (QED) is 0.482. The summed E-state index contributed by atoms with van der Waals surface area (Å²) in [6.07, 6.45) is 0. The summed E-state index contributed by atoms with van der Waals surface area (Å²) in [6, 6.07) is 7.45. The fraction of sp³-hybridized carbons (Fsp3) is 0.0714. The van der Waals surface area contributed by atoms with Crippen LogP contribution in [0.25, 0.3) is 0 Å². The SMILES string of the molecule is CC(=O)c1cc(Sc2ccc(F)c(F)c2)ccc1[N+](=O)[O-]. The van der Waals surface area contributed by atoms with Crippen LogP contribution in [0.2, 0.25) is 0 Å². The third kappa shape index (κ3) is 3.43. The smallest absolute Gasteiger partial charge is 0.280 e. The fourth-order valence-electron chi connectivity index (χ4n) is 1.70. The van der Waals surface area contributed by atoms with Crippen molar-refractivity contribution in [3.05, 3.63) is 63.7 Å². The van der Waals surface area contributed by atoms with Gasteiger partial charge in [0, 0.05) is 15.9 Å². The first-order valence-corrected chi connectivity index (χ1v) is 6.62. The van der Waals surface area contributed by atoms with Crippen molar-refractivity contribution in [3.8, 4) is 0 Å². The normalized spacial score (nSPS) is 10.4. The van der Waals surface area contributed by atoms with Crippen molar-refractivity contribution in [1.29, 1.82) is 0 Å². The minimum atomic E-state index is -0.978. The summed E-state index contributed by atoms with van der Waals surface area (Å²) >= 11 is 1.08. The van der Waals surface area contributed by atoms with Crippen molar-refractivity contribution >= 4 is 23.2 Å². The summed E-state index contributed by atoms with van der Waals surface area (Å²) in [5.41, 5.74) is -0.301. The molecule has 0 spiro atoms. The van der Waals surface area contributed by atoms with Crippen molar-refractivity contribution < 1.29 is 18.5 Å². The van der Waals surface area contributed by atoms with Gasteiger partial charge in [0.25, 0.3) is 5.69 Å². The molecule has 0 aliphatic carbocycles. The number of nitro benzene ring substituents is 1. The van der Waals surface area contributed by atoms with Crippen molar-refractivity contribution in [2.45, 2.75) is 16.7 Å². The lowest BCUT2D eigenvalue weighted by molar-refractivity contribution is -0.385. The lowest BCUT2D eigenvalue weighted by Crippen LogP contribution is -2.00. The number of carbonyl (C=O) groups is 1. The lowest BCUT2D eigenvalue weighted by atomic mass is 10.1. The van der Waals surface area contributed by atoms with Crippen molar-refractivity contribution in [1.82, 2.24) is 0 Å². The van der Waals surface area contributed by atoms with Gasteiger partial charge in [-0.2, -0.15) is 0 Å². The fourth-order valence-corrected chi connectivity index (χ4v) is 2.58. The minimum Gasteiger partial charge on any atom is -0.294 e. The molecule has 0 amide bonds. The summed E-state index contributed by atoms with van der Waals surface area (Å²) in [5.74, 6) is -2.37. The number of rotatable bonds is 4. The van der Waals surface area contributed by atoms with E-state index in [1.807, 2.05) is 0 Å². The van der Waals surface area contributed by atoms with Gasteiger partial charge in [-0.3, -0.25) is 14.9 Å². The number of halogens is 2. The van der Waals surface area contributed by atoms with Crippen LogP contribution in [-0.4, -0.2) is 10.7 Å². The molecule has 0 unspecified atom stereocenters. The van der Waals surface area contributed by atoms with Crippen LogP contribution in [0.3, 0.4) is 0 Å². The van der Waals surface area contributed by atoms with E-state index in [0.29, 0.717) is 9.79 Å². The van der Waals surface area contributed by atoms with E-state index in [9.17, 15) is 23.7 Å². The van der Waals surface area contributed by atoms with Crippen LogP contribution in [0, 0.1) is 21.7 Å². The Balaban J connectivity index is 2.36. The first-order chi connectivity index (χ1) is 9.88. The summed E-state index contributed by atoms with van der Waals surface area (Å²) < 4.78 is 26.0. The van der Waals surface area contributed by atoms with Gasteiger partial charge in [0.05, 0.1) is 10.5 Å². The Morgan fingerprint density at radius 3 is 2.29 bits per heavy atom. The van der Waals surface area contributed by atoms with Crippen molar-refractivity contribution in [2.75, 3.05) is 0 Å². The number of benzene rings is 2. The Labute approximate surface area is 122 Å². The van der Waals surface area contributed by atoms with Gasteiger partial charge < -0.3 is 0 Å². The highest BCUT2D eigenvalue weighted by atomic mass is 32.2. The predicted octanol–water partition coefficient (Wildman–Crippen LogP) is 4.23. The lowest BCUT2D eigenvalue weighted by Gasteiger charge is -2.05. The largest absolute Gasteiger partial charge is 0.294 e. The first-order valence-electron chi connectivity index (χ1n) is 5.81. The molecule has 0 fully saturated rings. The molecule has 0 aliphatic rings. The van der Waals surface area contributed by atoms with E-state index < -0.39 is 22.3 Å². The van der Waals surface area contributed by atoms with Crippen LogP contribution in [0.15, 0.2) is 46.2 Å². The molecule has 0 atom stereocenters. The Hall–Kier alpha value is -2.28. The second kappa shape index (κ2) is 6.01. The highest BCUT2D eigenvalue weighted by Gasteiger charge is 2.18. The number of Topliss-reactive ketones (excluding diaryl/α,β-unsaturated/α-hetero) is 1. The number of nitro groups is 1. The van der Waals surface area contributed by atoms with Gasteiger partial charge in [-0.25, -0.2) is 8.78 Å². The second-order valence-electron chi connectivity index (χ2n) is 4.17. The molecule has 0 bridgehead atoms. The van der Waals surface area contributed by atoms with Crippen LogP contribution in [0.4, 0.5) is 14.5 Å². The third-order valence-electron chi connectivity index (χ3n) is 2.67. The number of ketones is 1. The van der Waals surface area contributed by atoms with Gasteiger partial charge in [-0.15, -0.1) is 0 Å². The minimum absolute atomic E-state index is 0.0208. The maximum Gasteiger partial charge on any atom is 0.280 e. The van der Waals surface area contributed by atoms with Crippen molar-refractivity contribution in [2.24, 2.45) is 0 Å². The Morgan fingerprint density at radius 2 is 1.71 bits per heavy atom. The maximum absolute atomic E-state index is 13.1. The van der Waals surface area contributed by atoms with Crippen molar-refractivity contribution in [3.63, 3.8) is 0 Å². The zero-order chi connectivity index (χ0) is 15.6. The van der Waals surface area contributed by atoms with Crippen LogP contribution < -0.4 is 0 Å². The molecule has 7 heteroatoms. The molecular formula is C14H9F2NO3S. The first kappa shape index (κ1) is 15.1. The molecule has 4 nitrogen and oxygen atoms in total. The standard InChI is InChI=1S/C14H9F2NO3S/c1-8(18)11-6-9(3-5-14(11)17(19)20)21-10-2-4-12(15)13(16)7-10/h2-7H,1H3. The summed E-state index contributed by atoms with van der Waals surface area (Å²) in [5, 5.41) is 10.8. The number of hydrogen-bond donors (Lipinski definition) is 0. The van der Waals surface area contributed by atoms with E-state index in [-0.39, 0.29) is 11.3 Å². The van der Waals surface area contributed by atoms with Gasteiger partial charge in [0.1, 0.15) is 0 Å². The molecule has 0 aromatic heterocycles. The Morgan fingerprint density at radius 1 is 1.10 bits per heavy atom. The number of carbonyl (C=O) groups excluding carboxylic acids is 1. The summed E-state index contributed by atoms with van der Waals surface area (Å²) in [7, 11) is 0. The zero-order valence-electron chi connectivity index (χ0n) is 10.8. The van der Waals surface area contributed by atoms with E-state index in [1.54, 1.807) is 0 Å². The molecule has 0 N–H and O–H groups in total. The average molecular weight is 309 g/mol. The Kier molecular flexibility index (Phi) is 4.32. The van der Waals surface area contributed by atoms with Crippen LogP contribution in [-0.2, 0) is 0 Å². The molecule has 21 heavy (non-hydrogen) atoms. The molecule has 0 radical (unpaired) electrons. The van der Waals surface area contributed by atoms with E-state index in [2.05, 4.69) is 0 Å². The molecule has 108 valence electrons. The Bertz CT molecular complexity index is 734. The summed E-state index contributed by atoms with van der Waals surface area (Å²) in [4.78, 5) is 22.6. The summed E-state index contributed by atoms with van der Waals surface area (Å²) in [6.45, 7) is 1.23. The average Bonchev–Trinajstić information content (AvgIpc) is 2.42. The van der Waals surface area contributed by atoms with Gasteiger partial charge in [-0.05, 0) is 37.3 Å². The van der Waals surface area contributed by atoms with Crippen LogP contribution in [0.5, 0.6) is 0 Å². The van der Waals surface area contributed by atoms with Gasteiger partial charge in [0.2, 0.25) is 0 Å². The topological polar surface area (TPSA) is 60.2 Å². The molecule has 2 aromatic rings. The van der Waals surface area contributed by atoms with Gasteiger partial charge in [0.15, 0.2) is 17.4 Å². The third-order valence-corrected chi connectivity index (χ3v) is 3.65. The highest BCUT2D eigenvalue weighted by Crippen LogP contribution is 2.32. The molecule has 2 rings (SSSR count). The van der Waals surface area contributed by atoms with Gasteiger partial charge in [-0.1, -0.05) is 11.8 Å². The molecule has 0 aliphatic heterocycles. The van der Waals surface area contributed by atoms with E-state index in [1.165, 1.54) is 31.2 Å². The maximum atomic E-state index is 13.1.